The van der Waals surface area contributed by atoms with Gasteiger partial charge in [0.1, 0.15) is 0 Å². The molecule has 1 aliphatic rings. The number of sulfonamides is 1. The first-order chi connectivity index (χ1) is 12.9. The lowest BCUT2D eigenvalue weighted by Crippen LogP contribution is -2.44. The van der Waals surface area contributed by atoms with Crippen LogP contribution in [0.25, 0.3) is 0 Å². The molecule has 0 unspecified atom stereocenters. The molecular formula is C19H29BF3NO4S. The molecule has 0 atom stereocenters. The topological polar surface area (TPSA) is 64.6 Å². The van der Waals surface area contributed by atoms with Gasteiger partial charge in [-0.05, 0) is 65.6 Å². The van der Waals surface area contributed by atoms with E-state index < -0.39 is 50.5 Å². The quantitative estimate of drug-likeness (QED) is 0.690. The van der Waals surface area contributed by atoms with E-state index in [1.54, 1.807) is 41.5 Å². The van der Waals surface area contributed by atoms with Crippen molar-refractivity contribution >= 4 is 22.6 Å². The molecule has 0 spiro atoms. The first-order valence-electron chi connectivity index (χ1n) is 9.53. The number of rotatable bonds is 6. The zero-order valence-corrected chi connectivity index (χ0v) is 18.7. The minimum atomic E-state index is -4.86. The fourth-order valence-electron chi connectivity index (χ4n) is 3.22. The van der Waals surface area contributed by atoms with Gasteiger partial charge in [0.15, 0.2) is 0 Å². The molecule has 0 aromatic heterocycles. The van der Waals surface area contributed by atoms with Crippen LogP contribution >= 0.6 is 0 Å². The van der Waals surface area contributed by atoms with Crippen molar-refractivity contribution < 1.29 is 30.9 Å². The molecule has 1 aliphatic heterocycles. The molecule has 1 fully saturated rings. The fraction of sp³-hybridized carbons (Fsp3) is 0.684. The Morgan fingerprint density at radius 1 is 1.07 bits per heavy atom. The van der Waals surface area contributed by atoms with Crippen LogP contribution in [0.3, 0.4) is 0 Å². The summed E-state index contributed by atoms with van der Waals surface area (Å²) in [4.78, 5) is -0.811. The predicted molar refractivity (Wildman–Crippen MR) is 106 cm³/mol. The van der Waals surface area contributed by atoms with E-state index in [0.717, 1.165) is 12.1 Å². The van der Waals surface area contributed by atoms with Crippen LogP contribution in [0.2, 0.25) is 0 Å². The number of alkyl halides is 3. The molecule has 1 aromatic carbocycles. The van der Waals surface area contributed by atoms with E-state index >= 15 is 0 Å². The number of hydrogen-bond acceptors (Lipinski definition) is 4. The van der Waals surface area contributed by atoms with Gasteiger partial charge < -0.3 is 9.31 Å². The SMILES string of the molecule is CCCC(C)(C)NS(=O)(=O)c1ccc(B2OC(C)(C)C(C)(C)O2)cc1C(F)(F)F. The largest absolute Gasteiger partial charge is 0.494 e. The van der Waals surface area contributed by atoms with E-state index in [1.807, 2.05) is 6.92 Å². The molecular weight excluding hydrogens is 406 g/mol. The van der Waals surface area contributed by atoms with Crippen LogP contribution in [0, 0.1) is 0 Å². The first kappa shape index (κ1) is 24.2. The summed E-state index contributed by atoms with van der Waals surface area (Å²) in [5.74, 6) is 0. The second-order valence-electron chi connectivity index (χ2n) is 9.08. The fourth-order valence-corrected chi connectivity index (χ4v) is 4.87. The summed E-state index contributed by atoms with van der Waals surface area (Å²) in [6, 6.07) is 3.07. The summed E-state index contributed by atoms with van der Waals surface area (Å²) in [5, 5.41) is 0. The predicted octanol–water partition coefficient (Wildman–Crippen LogP) is 3.86. The zero-order chi connectivity index (χ0) is 22.5. The lowest BCUT2D eigenvalue weighted by molar-refractivity contribution is -0.139. The lowest BCUT2D eigenvalue weighted by atomic mass is 9.78. The highest BCUT2D eigenvalue weighted by atomic mass is 32.2. The second kappa shape index (κ2) is 7.55. The van der Waals surface area contributed by atoms with E-state index in [1.165, 1.54) is 6.07 Å². The van der Waals surface area contributed by atoms with Gasteiger partial charge in [-0.1, -0.05) is 19.4 Å². The van der Waals surface area contributed by atoms with Crippen LogP contribution < -0.4 is 10.2 Å². The molecule has 1 saturated heterocycles. The van der Waals surface area contributed by atoms with Crippen molar-refractivity contribution in [3.8, 4) is 0 Å². The standard InChI is InChI=1S/C19H29BF3NO4S/c1-8-11-16(2,3)24-29(25,26)15-10-9-13(12-14(15)19(21,22)23)20-27-17(4,5)18(6,7)28-20/h9-10,12,24H,8,11H2,1-7H3. The minimum absolute atomic E-state index is 0.114. The number of halogens is 3. The summed E-state index contributed by atoms with van der Waals surface area (Å²) in [5.41, 5.74) is -3.47. The molecule has 0 bridgehead atoms. The van der Waals surface area contributed by atoms with Gasteiger partial charge in [0.2, 0.25) is 10.0 Å². The van der Waals surface area contributed by atoms with Gasteiger partial charge in [-0.3, -0.25) is 0 Å². The highest BCUT2D eigenvalue weighted by Crippen LogP contribution is 2.38. The molecule has 5 nitrogen and oxygen atoms in total. The summed E-state index contributed by atoms with van der Waals surface area (Å²) in [6.45, 7) is 12.3. The van der Waals surface area contributed by atoms with Crippen LogP contribution in [0.1, 0.15) is 66.9 Å². The smallest absolute Gasteiger partial charge is 0.399 e. The maximum Gasteiger partial charge on any atom is 0.494 e. The van der Waals surface area contributed by atoms with Gasteiger partial charge >= 0.3 is 13.3 Å². The maximum absolute atomic E-state index is 13.8. The van der Waals surface area contributed by atoms with Gasteiger partial charge in [0.25, 0.3) is 0 Å². The van der Waals surface area contributed by atoms with Gasteiger partial charge in [-0.15, -0.1) is 0 Å². The summed E-state index contributed by atoms with van der Waals surface area (Å²) >= 11 is 0. The Kier molecular flexibility index (Phi) is 6.29. The third-order valence-corrected chi connectivity index (χ3v) is 7.17. The molecule has 0 aliphatic carbocycles. The zero-order valence-electron chi connectivity index (χ0n) is 17.9. The van der Waals surface area contributed by atoms with Crippen LogP contribution in [0.4, 0.5) is 13.2 Å². The van der Waals surface area contributed by atoms with Crippen molar-refractivity contribution in [2.75, 3.05) is 0 Å². The third kappa shape index (κ3) is 5.15. The Hall–Kier alpha value is -1.10. The third-order valence-electron chi connectivity index (χ3n) is 5.41. The van der Waals surface area contributed by atoms with Crippen LogP contribution in [-0.4, -0.2) is 32.3 Å². The Balaban J connectivity index is 2.49. The van der Waals surface area contributed by atoms with Crippen molar-refractivity contribution in [2.24, 2.45) is 0 Å². The Morgan fingerprint density at radius 3 is 2.03 bits per heavy atom. The number of hydrogen-bond donors (Lipinski definition) is 1. The van der Waals surface area contributed by atoms with Crippen molar-refractivity contribution in [1.29, 1.82) is 0 Å². The first-order valence-corrected chi connectivity index (χ1v) is 11.0. The van der Waals surface area contributed by atoms with E-state index in [2.05, 4.69) is 4.72 Å². The molecule has 10 heteroatoms. The lowest BCUT2D eigenvalue weighted by Gasteiger charge is -2.32. The minimum Gasteiger partial charge on any atom is -0.399 e. The molecule has 29 heavy (non-hydrogen) atoms. The van der Waals surface area contributed by atoms with Crippen molar-refractivity contribution in [1.82, 2.24) is 4.72 Å². The molecule has 2 rings (SSSR count). The Bertz CT molecular complexity index is 851. The van der Waals surface area contributed by atoms with Gasteiger partial charge in [-0.25, -0.2) is 13.1 Å². The molecule has 0 amide bonds. The summed E-state index contributed by atoms with van der Waals surface area (Å²) in [6.07, 6.45) is -3.69. The normalized spacial score (nSPS) is 19.6. The Morgan fingerprint density at radius 2 is 1.59 bits per heavy atom. The van der Waals surface area contributed by atoms with Crippen molar-refractivity contribution in [3.63, 3.8) is 0 Å². The Labute approximate surface area is 171 Å². The van der Waals surface area contributed by atoms with E-state index in [-0.39, 0.29) is 5.46 Å². The summed E-state index contributed by atoms with van der Waals surface area (Å²) < 4.78 is 80.8. The maximum atomic E-state index is 13.8. The van der Waals surface area contributed by atoms with Crippen LogP contribution in [0.5, 0.6) is 0 Å². The van der Waals surface area contributed by atoms with E-state index in [4.69, 9.17) is 9.31 Å². The van der Waals surface area contributed by atoms with Crippen molar-refractivity contribution in [3.05, 3.63) is 23.8 Å². The molecule has 0 saturated carbocycles. The van der Waals surface area contributed by atoms with Crippen molar-refractivity contribution in [2.45, 2.75) is 89.1 Å². The summed E-state index contributed by atoms with van der Waals surface area (Å²) in [7, 11) is -5.42. The average Bonchev–Trinajstić information content (AvgIpc) is 2.72. The van der Waals surface area contributed by atoms with Gasteiger partial charge in [-0.2, -0.15) is 13.2 Å². The molecule has 1 N–H and O–H groups in total. The van der Waals surface area contributed by atoms with Gasteiger partial charge in [0, 0.05) is 5.54 Å². The highest BCUT2D eigenvalue weighted by Gasteiger charge is 2.52. The number of benzene rings is 1. The average molecular weight is 435 g/mol. The number of nitrogens with one attached hydrogen (secondary N) is 1. The second-order valence-corrected chi connectivity index (χ2v) is 10.7. The van der Waals surface area contributed by atoms with Crippen LogP contribution in [0.15, 0.2) is 23.1 Å². The molecule has 164 valence electrons. The van der Waals surface area contributed by atoms with E-state index in [9.17, 15) is 21.6 Å². The van der Waals surface area contributed by atoms with E-state index in [0.29, 0.717) is 12.8 Å². The molecule has 1 aromatic rings. The monoisotopic (exact) mass is 435 g/mol. The van der Waals surface area contributed by atoms with Gasteiger partial charge in [0.05, 0.1) is 21.7 Å². The molecule has 1 heterocycles. The van der Waals surface area contributed by atoms with Crippen LogP contribution in [-0.2, 0) is 25.5 Å². The highest BCUT2D eigenvalue weighted by molar-refractivity contribution is 7.89. The molecule has 0 radical (unpaired) electrons.